The lowest BCUT2D eigenvalue weighted by molar-refractivity contribution is -0.143. The van der Waals surface area contributed by atoms with Crippen molar-refractivity contribution in [2.75, 3.05) is 39.9 Å². The number of amides is 2. The summed E-state index contributed by atoms with van der Waals surface area (Å²) in [5, 5.41) is 0. The number of hydrogen-bond acceptors (Lipinski definition) is 3. The number of methoxy groups -OCH3 is 1. The highest BCUT2D eigenvalue weighted by Gasteiger charge is 2.42. The van der Waals surface area contributed by atoms with E-state index in [2.05, 4.69) is 0 Å². The molecule has 2 aliphatic heterocycles. The molecule has 0 bridgehead atoms. The van der Waals surface area contributed by atoms with E-state index in [-0.39, 0.29) is 29.5 Å². The normalized spacial score (nSPS) is 23.5. The number of carbonyl (C=O) groups is 2. The zero-order valence-corrected chi connectivity index (χ0v) is 15.4. The molecule has 2 aliphatic rings. The van der Waals surface area contributed by atoms with E-state index in [0.29, 0.717) is 44.8 Å². The minimum atomic E-state index is -0.332. The van der Waals surface area contributed by atoms with Gasteiger partial charge in [0.05, 0.1) is 13.0 Å². The van der Waals surface area contributed by atoms with Crippen LogP contribution < -0.4 is 0 Å². The molecule has 0 unspecified atom stereocenters. The highest BCUT2D eigenvalue weighted by Crippen LogP contribution is 2.39. The number of ether oxygens (including phenoxy) is 1. The number of rotatable bonds is 5. The van der Waals surface area contributed by atoms with Crippen LogP contribution in [0.3, 0.4) is 0 Å². The topological polar surface area (TPSA) is 49.9 Å². The molecule has 1 atom stereocenters. The highest BCUT2D eigenvalue weighted by molar-refractivity contribution is 5.79. The molecule has 2 amide bonds. The van der Waals surface area contributed by atoms with E-state index in [1.165, 1.54) is 6.07 Å². The first-order chi connectivity index (χ1) is 12.5. The molecule has 1 spiro atoms. The third-order valence-corrected chi connectivity index (χ3v) is 5.63. The third kappa shape index (κ3) is 4.23. The zero-order chi connectivity index (χ0) is 18.6. The molecule has 0 saturated carbocycles. The summed E-state index contributed by atoms with van der Waals surface area (Å²) in [5.74, 6) is -0.196. The summed E-state index contributed by atoms with van der Waals surface area (Å²) < 4.78 is 19.0. The van der Waals surface area contributed by atoms with Crippen LogP contribution in [0.2, 0.25) is 0 Å². The Bertz CT molecular complexity index is 666. The number of carbonyl (C=O) groups excluding carboxylic acids is 2. The van der Waals surface area contributed by atoms with Gasteiger partial charge in [-0.25, -0.2) is 4.39 Å². The van der Waals surface area contributed by atoms with Gasteiger partial charge in [0, 0.05) is 45.1 Å². The number of hydrogen-bond donors (Lipinski definition) is 0. The minimum absolute atomic E-state index is 0.0329. The van der Waals surface area contributed by atoms with Crippen LogP contribution in [-0.4, -0.2) is 61.5 Å². The standard InChI is InChI=1S/C20H27FN2O3/c1-26-12-11-23-15-20(9-7-18(23)24)8-4-10-22(14-20)19(25)13-16-5-2-3-6-17(16)21/h2-3,5-6H,4,7-15H2,1H3/t20-/m0/s1. The van der Waals surface area contributed by atoms with Crippen LogP contribution in [0.4, 0.5) is 4.39 Å². The average molecular weight is 362 g/mol. The Balaban J connectivity index is 1.65. The van der Waals surface area contributed by atoms with Crippen LogP contribution in [0, 0.1) is 11.2 Å². The van der Waals surface area contributed by atoms with Crippen LogP contribution in [-0.2, 0) is 20.7 Å². The van der Waals surface area contributed by atoms with Crippen molar-refractivity contribution >= 4 is 11.8 Å². The smallest absolute Gasteiger partial charge is 0.227 e. The monoisotopic (exact) mass is 362 g/mol. The first-order valence-corrected chi connectivity index (χ1v) is 9.31. The van der Waals surface area contributed by atoms with Gasteiger partial charge in [-0.15, -0.1) is 0 Å². The maximum atomic E-state index is 13.9. The van der Waals surface area contributed by atoms with Crippen molar-refractivity contribution in [2.45, 2.75) is 32.1 Å². The molecule has 2 fully saturated rings. The largest absolute Gasteiger partial charge is 0.383 e. The molecule has 0 aromatic heterocycles. The van der Waals surface area contributed by atoms with Gasteiger partial charge in [0.1, 0.15) is 5.82 Å². The maximum absolute atomic E-state index is 13.9. The Kier molecular flexibility index (Phi) is 5.91. The number of benzene rings is 1. The van der Waals surface area contributed by atoms with Gasteiger partial charge in [0.25, 0.3) is 0 Å². The van der Waals surface area contributed by atoms with Crippen molar-refractivity contribution < 1.29 is 18.7 Å². The van der Waals surface area contributed by atoms with Gasteiger partial charge in [-0.3, -0.25) is 9.59 Å². The van der Waals surface area contributed by atoms with E-state index < -0.39 is 0 Å². The number of nitrogens with zero attached hydrogens (tertiary/aromatic N) is 2. The number of halogens is 1. The summed E-state index contributed by atoms with van der Waals surface area (Å²) in [6, 6.07) is 6.44. The molecule has 2 heterocycles. The molecule has 6 heteroatoms. The van der Waals surface area contributed by atoms with E-state index in [9.17, 15) is 14.0 Å². The summed E-state index contributed by atoms with van der Waals surface area (Å²) >= 11 is 0. The fourth-order valence-corrected chi connectivity index (χ4v) is 4.18. The Labute approximate surface area is 154 Å². The first-order valence-electron chi connectivity index (χ1n) is 9.31. The second kappa shape index (κ2) is 8.16. The summed E-state index contributed by atoms with van der Waals surface area (Å²) in [6.45, 7) is 3.16. The molecular formula is C20H27FN2O3. The Morgan fingerprint density at radius 3 is 2.85 bits per heavy atom. The minimum Gasteiger partial charge on any atom is -0.383 e. The van der Waals surface area contributed by atoms with Crippen molar-refractivity contribution in [3.05, 3.63) is 35.6 Å². The molecule has 5 nitrogen and oxygen atoms in total. The second-order valence-electron chi connectivity index (χ2n) is 7.50. The number of piperidine rings is 2. The highest BCUT2D eigenvalue weighted by atomic mass is 19.1. The van der Waals surface area contributed by atoms with E-state index >= 15 is 0 Å². The van der Waals surface area contributed by atoms with Crippen molar-refractivity contribution in [1.82, 2.24) is 9.80 Å². The Morgan fingerprint density at radius 1 is 1.27 bits per heavy atom. The molecule has 0 aliphatic carbocycles. The fraction of sp³-hybridized carbons (Fsp3) is 0.600. The van der Waals surface area contributed by atoms with E-state index in [4.69, 9.17) is 4.74 Å². The fourth-order valence-electron chi connectivity index (χ4n) is 4.18. The van der Waals surface area contributed by atoms with Gasteiger partial charge in [-0.1, -0.05) is 18.2 Å². The van der Waals surface area contributed by atoms with Crippen LogP contribution in [0.5, 0.6) is 0 Å². The van der Waals surface area contributed by atoms with Crippen LogP contribution in [0.1, 0.15) is 31.2 Å². The summed E-state index contributed by atoms with van der Waals surface area (Å²) in [7, 11) is 1.63. The van der Waals surface area contributed by atoms with Gasteiger partial charge in [-0.2, -0.15) is 0 Å². The van der Waals surface area contributed by atoms with Crippen molar-refractivity contribution in [2.24, 2.45) is 5.41 Å². The molecule has 0 radical (unpaired) electrons. The third-order valence-electron chi connectivity index (χ3n) is 5.63. The molecule has 142 valence electrons. The van der Waals surface area contributed by atoms with Crippen LogP contribution >= 0.6 is 0 Å². The second-order valence-corrected chi connectivity index (χ2v) is 7.50. The molecular weight excluding hydrogens is 335 g/mol. The molecule has 0 N–H and O–H groups in total. The van der Waals surface area contributed by atoms with Gasteiger partial charge >= 0.3 is 0 Å². The van der Waals surface area contributed by atoms with Gasteiger partial charge in [0.15, 0.2) is 0 Å². The average Bonchev–Trinajstić information content (AvgIpc) is 2.65. The van der Waals surface area contributed by atoms with Gasteiger partial charge in [0.2, 0.25) is 11.8 Å². The number of likely N-dealkylation sites (tertiary alicyclic amines) is 2. The Morgan fingerprint density at radius 2 is 2.08 bits per heavy atom. The van der Waals surface area contributed by atoms with Crippen LogP contribution in [0.15, 0.2) is 24.3 Å². The van der Waals surface area contributed by atoms with Crippen molar-refractivity contribution in [3.63, 3.8) is 0 Å². The zero-order valence-electron chi connectivity index (χ0n) is 15.4. The predicted octanol–water partition coefficient (Wildman–Crippen LogP) is 2.25. The van der Waals surface area contributed by atoms with Gasteiger partial charge in [-0.05, 0) is 30.9 Å². The molecule has 3 rings (SSSR count). The SMILES string of the molecule is COCCN1C[C@@]2(CCCN(C(=O)Cc3ccccc3F)C2)CCC1=O. The molecule has 26 heavy (non-hydrogen) atoms. The van der Waals surface area contributed by atoms with E-state index in [1.807, 2.05) is 9.80 Å². The maximum Gasteiger partial charge on any atom is 0.227 e. The lowest BCUT2D eigenvalue weighted by Crippen LogP contribution is -2.55. The molecule has 2 saturated heterocycles. The van der Waals surface area contributed by atoms with Crippen LogP contribution in [0.25, 0.3) is 0 Å². The van der Waals surface area contributed by atoms with Crippen molar-refractivity contribution in [1.29, 1.82) is 0 Å². The summed E-state index contributed by atoms with van der Waals surface area (Å²) in [6.07, 6.45) is 3.38. The van der Waals surface area contributed by atoms with Crippen molar-refractivity contribution in [3.8, 4) is 0 Å². The lowest BCUT2D eigenvalue weighted by Gasteiger charge is -2.48. The summed E-state index contributed by atoms with van der Waals surface area (Å²) in [4.78, 5) is 28.6. The quantitative estimate of drug-likeness (QED) is 0.807. The van der Waals surface area contributed by atoms with E-state index in [1.54, 1.807) is 25.3 Å². The Hall–Kier alpha value is -1.95. The summed E-state index contributed by atoms with van der Waals surface area (Å²) in [5.41, 5.74) is 0.405. The lowest BCUT2D eigenvalue weighted by atomic mass is 9.73. The molecule has 1 aromatic carbocycles. The van der Waals surface area contributed by atoms with Gasteiger partial charge < -0.3 is 14.5 Å². The van der Waals surface area contributed by atoms with E-state index in [0.717, 1.165) is 19.3 Å². The predicted molar refractivity (Wildman–Crippen MR) is 96.0 cm³/mol. The molecule has 1 aromatic rings. The first kappa shape index (κ1) is 18.8.